The Bertz CT molecular complexity index is 781. The zero-order valence-corrected chi connectivity index (χ0v) is 11.9. The predicted octanol–water partition coefficient (Wildman–Crippen LogP) is 2.94. The summed E-state index contributed by atoms with van der Waals surface area (Å²) >= 11 is 3.39. The minimum absolute atomic E-state index is 0.171. The summed E-state index contributed by atoms with van der Waals surface area (Å²) in [5.74, 6) is -0.994. The molecular formula is C14H10BrN3O2. The van der Waals surface area contributed by atoms with E-state index in [0.717, 1.165) is 10.0 Å². The van der Waals surface area contributed by atoms with Gasteiger partial charge in [0.05, 0.1) is 17.6 Å². The summed E-state index contributed by atoms with van der Waals surface area (Å²) in [5.41, 5.74) is 2.37. The molecule has 0 amide bonds. The lowest BCUT2D eigenvalue weighted by Gasteiger charge is -2.03. The van der Waals surface area contributed by atoms with Crippen LogP contribution in [0.5, 0.6) is 0 Å². The molecule has 5 nitrogen and oxygen atoms in total. The van der Waals surface area contributed by atoms with Crippen LogP contribution in [0.2, 0.25) is 0 Å². The number of carbonyl (C=O) groups is 1. The van der Waals surface area contributed by atoms with Crippen molar-refractivity contribution in [2.75, 3.05) is 0 Å². The molecule has 0 saturated heterocycles. The molecule has 0 spiro atoms. The summed E-state index contributed by atoms with van der Waals surface area (Å²) in [6.07, 6.45) is 0. The van der Waals surface area contributed by atoms with Gasteiger partial charge in [0.2, 0.25) is 0 Å². The van der Waals surface area contributed by atoms with E-state index >= 15 is 0 Å². The fourth-order valence-corrected chi connectivity index (χ4v) is 2.31. The Morgan fingerprint density at radius 1 is 1.20 bits per heavy atom. The van der Waals surface area contributed by atoms with Gasteiger partial charge < -0.3 is 5.11 Å². The minimum atomic E-state index is -0.994. The topological polar surface area (TPSA) is 68.0 Å². The first-order valence-electron chi connectivity index (χ1n) is 5.95. The van der Waals surface area contributed by atoms with Gasteiger partial charge in [-0.15, -0.1) is 5.10 Å². The second-order valence-electron chi connectivity index (χ2n) is 4.35. The van der Waals surface area contributed by atoms with Crippen LogP contribution >= 0.6 is 15.9 Å². The number of fused-ring (bicyclic) bond motifs is 1. The van der Waals surface area contributed by atoms with Gasteiger partial charge in [-0.2, -0.15) is 0 Å². The number of carboxylic acid groups (broad SMARTS) is 1. The van der Waals surface area contributed by atoms with Gasteiger partial charge in [-0.05, 0) is 29.8 Å². The molecule has 20 heavy (non-hydrogen) atoms. The van der Waals surface area contributed by atoms with Crippen molar-refractivity contribution in [1.29, 1.82) is 0 Å². The van der Waals surface area contributed by atoms with Gasteiger partial charge >= 0.3 is 5.97 Å². The van der Waals surface area contributed by atoms with Gasteiger partial charge in [0.15, 0.2) is 0 Å². The van der Waals surface area contributed by atoms with E-state index in [1.165, 1.54) is 6.07 Å². The molecule has 0 fully saturated rings. The van der Waals surface area contributed by atoms with Crippen LogP contribution in [0.4, 0.5) is 0 Å². The van der Waals surface area contributed by atoms with E-state index in [0.29, 0.717) is 17.6 Å². The standard InChI is InChI=1S/C14H10BrN3O2/c15-10-6-4-9(5-7-10)8-18-12-3-1-2-11(14(19)20)13(12)16-17-18/h1-7H,8H2,(H,19,20). The van der Waals surface area contributed by atoms with E-state index in [-0.39, 0.29) is 5.56 Å². The highest BCUT2D eigenvalue weighted by molar-refractivity contribution is 9.10. The van der Waals surface area contributed by atoms with E-state index in [2.05, 4.69) is 26.2 Å². The van der Waals surface area contributed by atoms with Crippen LogP contribution in [0.1, 0.15) is 15.9 Å². The van der Waals surface area contributed by atoms with Crippen molar-refractivity contribution in [3.63, 3.8) is 0 Å². The highest BCUT2D eigenvalue weighted by Crippen LogP contribution is 2.18. The molecule has 1 N–H and O–H groups in total. The number of aromatic nitrogens is 3. The van der Waals surface area contributed by atoms with Crippen molar-refractivity contribution in [3.8, 4) is 0 Å². The van der Waals surface area contributed by atoms with Gasteiger partial charge in [0.1, 0.15) is 5.52 Å². The first kappa shape index (κ1) is 12.8. The molecule has 0 atom stereocenters. The molecule has 3 aromatic rings. The lowest BCUT2D eigenvalue weighted by atomic mass is 10.2. The fraction of sp³-hybridized carbons (Fsp3) is 0.0714. The number of hydrogen-bond donors (Lipinski definition) is 1. The van der Waals surface area contributed by atoms with Crippen molar-refractivity contribution in [2.45, 2.75) is 6.54 Å². The molecular weight excluding hydrogens is 322 g/mol. The number of hydrogen-bond acceptors (Lipinski definition) is 3. The zero-order valence-electron chi connectivity index (χ0n) is 10.3. The van der Waals surface area contributed by atoms with Crippen LogP contribution in [0.3, 0.4) is 0 Å². The lowest BCUT2D eigenvalue weighted by molar-refractivity contribution is 0.0699. The summed E-state index contributed by atoms with van der Waals surface area (Å²) in [5, 5.41) is 17.2. The van der Waals surface area contributed by atoms with Crippen LogP contribution in [0.15, 0.2) is 46.9 Å². The molecule has 0 unspecified atom stereocenters. The molecule has 1 aromatic heterocycles. The Balaban J connectivity index is 2.03. The Hall–Kier alpha value is -2.21. The Morgan fingerprint density at radius 3 is 2.65 bits per heavy atom. The summed E-state index contributed by atoms with van der Waals surface area (Å²) in [4.78, 5) is 11.1. The number of halogens is 1. The normalized spacial score (nSPS) is 10.8. The summed E-state index contributed by atoms with van der Waals surface area (Å²) < 4.78 is 2.71. The number of aromatic carboxylic acids is 1. The third-order valence-corrected chi connectivity index (χ3v) is 3.55. The predicted molar refractivity (Wildman–Crippen MR) is 77.7 cm³/mol. The van der Waals surface area contributed by atoms with Gasteiger partial charge in [-0.3, -0.25) is 0 Å². The van der Waals surface area contributed by atoms with Crippen molar-refractivity contribution in [3.05, 3.63) is 58.1 Å². The van der Waals surface area contributed by atoms with Crippen molar-refractivity contribution < 1.29 is 9.90 Å². The quantitative estimate of drug-likeness (QED) is 0.801. The van der Waals surface area contributed by atoms with E-state index < -0.39 is 5.97 Å². The Morgan fingerprint density at radius 2 is 1.95 bits per heavy atom. The third kappa shape index (κ3) is 2.30. The summed E-state index contributed by atoms with van der Waals surface area (Å²) in [6, 6.07) is 12.9. The maximum Gasteiger partial charge on any atom is 0.338 e. The summed E-state index contributed by atoms with van der Waals surface area (Å²) in [6.45, 7) is 0.548. The Kier molecular flexibility index (Phi) is 3.23. The second kappa shape index (κ2) is 5.05. The fourth-order valence-electron chi connectivity index (χ4n) is 2.04. The van der Waals surface area contributed by atoms with Crippen LogP contribution in [0.25, 0.3) is 11.0 Å². The molecule has 0 bridgehead atoms. The second-order valence-corrected chi connectivity index (χ2v) is 5.27. The monoisotopic (exact) mass is 331 g/mol. The molecule has 0 aliphatic rings. The maximum atomic E-state index is 11.1. The van der Waals surface area contributed by atoms with E-state index in [9.17, 15) is 4.79 Å². The van der Waals surface area contributed by atoms with Crippen molar-refractivity contribution in [2.24, 2.45) is 0 Å². The zero-order chi connectivity index (χ0) is 14.1. The average Bonchev–Trinajstić information content (AvgIpc) is 2.84. The van der Waals surface area contributed by atoms with Gasteiger partial charge in [0.25, 0.3) is 0 Å². The number of nitrogens with zero attached hydrogens (tertiary/aromatic N) is 3. The third-order valence-electron chi connectivity index (χ3n) is 3.02. The summed E-state index contributed by atoms with van der Waals surface area (Å²) in [7, 11) is 0. The smallest absolute Gasteiger partial charge is 0.338 e. The number of benzene rings is 2. The average molecular weight is 332 g/mol. The van der Waals surface area contributed by atoms with Crippen LogP contribution in [0, 0.1) is 0 Å². The van der Waals surface area contributed by atoms with Crippen LogP contribution in [-0.2, 0) is 6.54 Å². The Labute approximate surface area is 123 Å². The molecule has 6 heteroatoms. The van der Waals surface area contributed by atoms with Gasteiger partial charge in [-0.1, -0.05) is 39.3 Å². The molecule has 0 radical (unpaired) electrons. The number of carboxylic acids is 1. The first-order valence-corrected chi connectivity index (χ1v) is 6.74. The first-order chi connectivity index (χ1) is 9.65. The van der Waals surface area contributed by atoms with Crippen molar-refractivity contribution >= 4 is 32.9 Å². The largest absolute Gasteiger partial charge is 0.478 e. The van der Waals surface area contributed by atoms with Crippen LogP contribution in [-0.4, -0.2) is 26.1 Å². The molecule has 3 rings (SSSR count). The molecule has 0 aliphatic carbocycles. The highest BCUT2D eigenvalue weighted by Gasteiger charge is 2.13. The molecule has 0 aliphatic heterocycles. The van der Waals surface area contributed by atoms with Gasteiger partial charge in [-0.25, -0.2) is 9.48 Å². The molecule has 2 aromatic carbocycles. The highest BCUT2D eigenvalue weighted by atomic mass is 79.9. The van der Waals surface area contributed by atoms with E-state index in [4.69, 9.17) is 5.11 Å². The molecule has 1 heterocycles. The van der Waals surface area contributed by atoms with E-state index in [1.54, 1.807) is 10.7 Å². The SMILES string of the molecule is O=C(O)c1cccc2c1nnn2Cc1ccc(Br)cc1. The lowest BCUT2D eigenvalue weighted by Crippen LogP contribution is -2.02. The van der Waals surface area contributed by atoms with Crippen LogP contribution < -0.4 is 0 Å². The minimum Gasteiger partial charge on any atom is -0.478 e. The maximum absolute atomic E-state index is 11.1. The molecule has 100 valence electrons. The molecule has 0 saturated carbocycles. The number of rotatable bonds is 3. The van der Waals surface area contributed by atoms with E-state index in [1.807, 2.05) is 30.3 Å². The van der Waals surface area contributed by atoms with Gasteiger partial charge in [0, 0.05) is 4.47 Å². The van der Waals surface area contributed by atoms with Crippen molar-refractivity contribution in [1.82, 2.24) is 15.0 Å².